The van der Waals surface area contributed by atoms with Crippen LogP contribution >= 0.6 is 0 Å². The van der Waals surface area contributed by atoms with Gasteiger partial charge in [-0.25, -0.2) is 0 Å². The summed E-state index contributed by atoms with van der Waals surface area (Å²) in [5.74, 6) is 0.0630. The zero-order valence-electron chi connectivity index (χ0n) is 11.5. The molecule has 1 rings (SSSR count). The summed E-state index contributed by atoms with van der Waals surface area (Å²) in [6.07, 6.45) is 10.2. The first kappa shape index (κ1) is 14.0. The van der Waals surface area contributed by atoms with Crippen LogP contribution < -0.4 is 5.32 Å². The first-order chi connectivity index (χ1) is 7.95. The van der Waals surface area contributed by atoms with E-state index in [4.69, 9.17) is 0 Å². The number of allylic oxidation sites excluding steroid dienone is 3. The molecule has 1 saturated carbocycles. The zero-order valence-corrected chi connectivity index (χ0v) is 11.5. The Hall–Kier alpha value is -1.05. The van der Waals surface area contributed by atoms with Gasteiger partial charge >= 0.3 is 0 Å². The van der Waals surface area contributed by atoms with Crippen LogP contribution in [0.3, 0.4) is 0 Å². The zero-order chi connectivity index (χ0) is 12.9. The summed E-state index contributed by atoms with van der Waals surface area (Å²) >= 11 is 0. The third-order valence-corrected chi connectivity index (χ3v) is 3.63. The van der Waals surface area contributed by atoms with Crippen molar-refractivity contribution in [1.29, 1.82) is 0 Å². The largest absolute Gasteiger partial charge is 0.350 e. The van der Waals surface area contributed by atoms with Gasteiger partial charge in [0.05, 0.1) is 0 Å². The molecular weight excluding hydrogens is 210 g/mol. The van der Waals surface area contributed by atoms with Crippen LogP contribution in [0.15, 0.2) is 23.8 Å². The lowest BCUT2D eigenvalue weighted by atomic mass is 9.81. The van der Waals surface area contributed by atoms with E-state index in [1.807, 2.05) is 6.08 Å². The maximum atomic E-state index is 11.4. The Labute approximate surface area is 105 Å². The summed E-state index contributed by atoms with van der Waals surface area (Å²) in [6.45, 7) is 8.75. The van der Waals surface area contributed by atoms with Crippen molar-refractivity contribution < 1.29 is 4.79 Å². The van der Waals surface area contributed by atoms with E-state index in [-0.39, 0.29) is 11.3 Å². The van der Waals surface area contributed by atoms with E-state index in [1.165, 1.54) is 5.57 Å². The molecule has 0 saturated heterocycles. The fourth-order valence-electron chi connectivity index (χ4n) is 1.70. The van der Waals surface area contributed by atoms with E-state index in [0.717, 1.165) is 25.7 Å². The summed E-state index contributed by atoms with van der Waals surface area (Å²) in [7, 11) is 0. The van der Waals surface area contributed by atoms with Crippen LogP contribution in [0.5, 0.6) is 0 Å². The molecule has 0 heterocycles. The minimum Gasteiger partial charge on any atom is -0.350 e. The Balaban J connectivity index is 2.26. The van der Waals surface area contributed by atoms with E-state index in [9.17, 15) is 4.79 Å². The molecule has 96 valence electrons. The molecule has 1 aliphatic rings. The number of amides is 1. The number of carbonyl (C=O) groups excluding carboxylic acids is 1. The predicted octanol–water partition coefficient (Wildman–Crippen LogP) is 3.59. The van der Waals surface area contributed by atoms with Gasteiger partial charge in [-0.05, 0) is 51.0 Å². The van der Waals surface area contributed by atoms with E-state index < -0.39 is 0 Å². The second kappa shape index (κ2) is 6.04. The monoisotopic (exact) mass is 235 g/mol. The second-order valence-corrected chi connectivity index (χ2v) is 5.58. The highest BCUT2D eigenvalue weighted by atomic mass is 16.1. The van der Waals surface area contributed by atoms with Crippen LogP contribution in [0.1, 0.15) is 53.4 Å². The molecule has 0 aliphatic heterocycles. The number of hydrogen-bond acceptors (Lipinski definition) is 1. The molecule has 2 nitrogen and oxygen atoms in total. The second-order valence-electron chi connectivity index (χ2n) is 5.58. The summed E-state index contributed by atoms with van der Waals surface area (Å²) < 4.78 is 0. The quantitative estimate of drug-likeness (QED) is 0.553. The average Bonchev–Trinajstić information content (AvgIpc) is 3.07. The number of nitrogens with one attached hydrogen (secondary N) is 1. The molecule has 0 atom stereocenters. The Morgan fingerprint density at radius 2 is 2.06 bits per heavy atom. The highest BCUT2D eigenvalue weighted by molar-refractivity contribution is 5.87. The molecule has 1 fully saturated rings. The van der Waals surface area contributed by atoms with Gasteiger partial charge < -0.3 is 5.32 Å². The summed E-state index contributed by atoms with van der Waals surface area (Å²) in [5, 5.41) is 2.95. The normalized spacial score (nSPS) is 17.5. The van der Waals surface area contributed by atoms with Crippen LogP contribution in [-0.4, -0.2) is 11.9 Å². The molecular formula is C15H25NO. The van der Waals surface area contributed by atoms with Crippen LogP contribution in [0.4, 0.5) is 0 Å². The SMILES string of the molecule is CC=C(C)C(C)(C)CCC=CC(=O)NC1CC1. The molecule has 2 heteroatoms. The summed E-state index contributed by atoms with van der Waals surface area (Å²) in [6, 6.07) is 0.453. The van der Waals surface area contributed by atoms with E-state index in [1.54, 1.807) is 6.08 Å². The van der Waals surface area contributed by atoms with Crippen molar-refractivity contribution in [2.45, 2.75) is 59.4 Å². The highest BCUT2D eigenvalue weighted by Gasteiger charge is 2.22. The number of hydrogen-bond donors (Lipinski definition) is 1. The fourth-order valence-corrected chi connectivity index (χ4v) is 1.70. The first-order valence-corrected chi connectivity index (χ1v) is 6.56. The van der Waals surface area contributed by atoms with E-state index in [2.05, 4.69) is 39.1 Å². The van der Waals surface area contributed by atoms with Gasteiger partial charge in [0.2, 0.25) is 5.91 Å². The lowest BCUT2D eigenvalue weighted by Crippen LogP contribution is -2.22. The van der Waals surface area contributed by atoms with Gasteiger partial charge in [0.1, 0.15) is 0 Å². The van der Waals surface area contributed by atoms with Crippen molar-refractivity contribution in [3.05, 3.63) is 23.8 Å². The summed E-state index contributed by atoms with van der Waals surface area (Å²) in [5.41, 5.74) is 1.64. The minimum atomic E-state index is 0.0630. The molecule has 1 N–H and O–H groups in total. The van der Waals surface area contributed by atoms with Gasteiger partial charge in [-0.1, -0.05) is 31.6 Å². The molecule has 0 unspecified atom stereocenters. The van der Waals surface area contributed by atoms with Crippen LogP contribution in [0, 0.1) is 5.41 Å². The fraction of sp³-hybridized carbons (Fsp3) is 0.667. The van der Waals surface area contributed by atoms with Crippen molar-refractivity contribution in [3.8, 4) is 0 Å². The maximum Gasteiger partial charge on any atom is 0.243 e. The van der Waals surface area contributed by atoms with E-state index >= 15 is 0 Å². The van der Waals surface area contributed by atoms with Gasteiger partial charge in [-0.3, -0.25) is 4.79 Å². The first-order valence-electron chi connectivity index (χ1n) is 6.56. The molecule has 0 aromatic carbocycles. The Bertz CT molecular complexity index is 322. The summed E-state index contributed by atoms with van der Waals surface area (Å²) in [4.78, 5) is 11.4. The van der Waals surface area contributed by atoms with E-state index in [0.29, 0.717) is 6.04 Å². The highest BCUT2D eigenvalue weighted by Crippen LogP contribution is 2.31. The third-order valence-electron chi connectivity index (χ3n) is 3.63. The third kappa shape index (κ3) is 5.20. The van der Waals surface area contributed by atoms with Crippen molar-refractivity contribution >= 4 is 5.91 Å². The van der Waals surface area contributed by atoms with Crippen molar-refractivity contribution in [1.82, 2.24) is 5.32 Å². The van der Waals surface area contributed by atoms with Crippen molar-refractivity contribution in [2.24, 2.45) is 5.41 Å². The van der Waals surface area contributed by atoms with Crippen LogP contribution in [0.25, 0.3) is 0 Å². The topological polar surface area (TPSA) is 29.1 Å². The smallest absolute Gasteiger partial charge is 0.243 e. The van der Waals surface area contributed by atoms with Gasteiger partial charge in [0.25, 0.3) is 0 Å². The average molecular weight is 235 g/mol. The van der Waals surface area contributed by atoms with Crippen molar-refractivity contribution in [3.63, 3.8) is 0 Å². The predicted molar refractivity (Wildman–Crippen MR) is 72.8 cm³/mol. The van der Waals surface area contributed by atoms with Gasteiger partial charge in [0.15, 0.2) is 0 Å². The number of rotatable bonds is 6. The van der Waals surface area contributed by atoms with Crippen molar-refractivity contribution in [2.75, 3.05) is 0 Å². The van der Waals surface area contributed by atoms with Gasteiger partial charge in [-0.2, -0.15) is 0 Å². The Kier molecular flexibility index (Phi) is 4.98. The Morgan fingerprint density at radius 3 is 2.59 bits per heavy atom. The lowest BCUT2D eigenvalue weighted by molar-refractivity contribution is -0.116. The van der Waals surface area contributed by atoms with Gasteiger partial charge in [-0.15, -0.1) is 0 Å². The molecule has 0 bridgehead atoms. The van der Waals surface area contributed by atoms with Gasteiger partial charge in [0, 0.05) is 6.04 Å². The standard InChI is InChI=1S/C15H25NO/c1-5-12(2)15(3,4)11-7-6-8-14(17)16-13-9-10-13/h5-6,8,13H,7,9-11H2,1-4H3,(H,16,17). The Morgan fingerprint density at radius 1 is 1.41 bits per heavy atom. The molecule has 0 spiro atoms. The van der Waals surface area contributed by atoms with Crippen LogP contribution in [0.2, 0.25) is 0 Å². The van der Waals surface area contributed by atoms with Crippen LogP contribution in [-0.2, 0) is 4.79 Å². The molecule has 0 radical (unpaired) electrons. The molecule has 0 aromatic heterocycles. The lowest BCUT2D eigenvalue weighted by Gasteiger charge is -2.25. The molecule has 17 heavy (non-hydrogen) atoms. The molecule has 1 aliphatic carbocycles. The molecule has 0 aromatic rings. The number of carbonyl (C=O) groups is 1. The minimum absolute atomic E-state index is 0.0630. The molecule has 1 amide bonds. The maximum absolute atomic E-state index is 11.4.